The average Bonchev–Trinajstić information content (AvgIpc) is 2.60. The summed E-state index contributed by atoms with van der Waals surface area (Å²) in [6.45, 7) is 0.565. The summed E-state index contributed by atoms with van der Waals surface area (Å²) in [5, 5.41) is 0.379. The van der Waals surface area contributed by atoms with E-state index >= 15 is 0 Å². The van der Waals surface area contributed by atoms with Gasteiger partial charge in [-0.2, -0.15) is 0 Å². The Morgan fingerprint density at radius 1 is 1.67 bits per heavy atom. The van der Waals surface area contributed by atoms with Gasteiger partial charge in [0.1, 0.15) is 5.15 Å². The Bertz CT molecular complexity index is 438. The van der Waals surface area contributed by atoms with Gasteiger partial charge in [0.15, 0.2) is 0 Å². The van der Waals surface area contributed by atoms with Crippen molar-refractivity contribution in [1.29, 1.82) is 0 Å². The third-order valence-electron chi connectivity index (χ3n) is 2.38. The number of aromatic nitrogens is 1. The Labute approximate surface area is 93.1 Å². The van der Waals surface area contributed by atoms with Crippen LogP contribution < -0.4 is 4.90 Å². The molecule has 0 N–H and O–H groups in total. The van der Waals surface area contributed by atoms with Crippen LogP contribution in [0, 0.1) is 18.3 Å². The van der Waals surface area contributed by atoms with E-state index < -0.39 is 0 Å². The first-order chi connectivity index (χ1) is 7.20. The second-order valence-electron chi connectivity index (χ2n) is 3.41. The second kappa shape index (κ2) is 3.92. The van der Waals surface area contributed by atoms with Crippen molar-refractivity contribution in [3.8, 4) is 12.3 Å². The topological polar surface area (TPSA) is 33.2 Å². The predicted octanol–water partition coefficient (Wildman–Crippen LogP) is 1.72. The number of hydrogen-bond donors (Lipinski definition) is 0. The number of halogens is 1. The van der Waals surface area contributed by atoms with Crippen LogP contribution in [-0.2, 0) is 4.79 Å². The molecule has 1 amide bonds. The molecule has 1 fully saturated rings. The summed E-state index contributed by atoms with van der Waals surface area (Å²) in [5.41, 5.74) is 0.762. The van der Waals surface area contributed by atoms with Crippen LogP contribution >= 0.6 is 11.6 Å². The van der Waals surface area contributed by atoms with Crippen LogP contribution in [0.25, 0.3) is 0 Å². The summed E-state index contributed by atoms with van der Waals surface area (Å²) in [4.78, 5) is 17.1. The van der Waals surface area contributed by atoms with Crippen molar-refractivity contribution in [3.63, 3.8) is 0 Å². The van der Waals surface area contributed by atoms with Gasteiger partial charge in [-0.25, -0.2) is 4.98 Å². The maximum atomic E-state index is 11.6. The standard InChI is InChI=1S/C11H9ClN2O/c1-2-8-5-11(15)14(7-8)9-3-4-13-10(12)6-9/h1,3-4,6,8H,5,7H2. The highest BCUT2D eigenvalue weighted by Gasteiger charge is 2.29. The Balaban J connectivity index is 2.26. The molecule has 2 rings (SSSR count). The summed E-state index contributed by atoms with van der Waals surface area (Å²) in [5.74, 6) is 2.64. The van der Waals surface area contributed by atoms with Crippen LogP contribution in [0.3, 0.4) is 0 Å². The zero-order chi connectivity index (χ0) is 10.8. The molecule has 4 heteroatoms. The second-order valence-corrected chi connectivity index (χ2v) is 3.80. The highest BCUT2D eigenvalue weighted by molar-refractivity contribution is 6.29. The number of nitrogens with zero attached hydrogens (tertiary/aromatic N) is 2. The minimum Gasteiger partial charge on any atom is -0.311 e. The quantitative estimate of drug-likeness (QED) is 0.533. The molecule has 76 valence electrons. The fourth-order valence-corrected chi connectivity index (χ4v) is 1.80. The minimum atomic E-state index is 0.00411. The largest absolute Gasteiger partial charge is 0.311 e. The van der Waals surface area contributed by atoms with Crippen molar-refractivity contribution >= 4 is 23.2 Å². The first-order valence-electron chi connectivity index (χ1n) is 4.59. The molecule has 15 heavy (non-hydrogen) atoms. The lowest BCUT2D eigenvalue weighted by Crippen LogP contribution is -2.24. The number of anilines is 1. The van der Waals surface area contributed by atoms with Gasteiger partial charge in [0.25, 0.3) is 0 Å². The van der Waals surface area contributed by atoms with E-state index in [-0.39, 0.29) is 11.8 Å². The fourth-order valence-electron chi connectivity index (χ4n) is 1.63. The lowest BCUT2D eigenvalue weighted by molar-refractivity contribution is -0.117. The Kier molecular flexibility index (Phi) is 2.61. The molecule has 0 aromatic carbocycles. The van der Waals surface area contributed by atoms with Crippen LogP contribution in [0.2, 0.25) is 5.15 Å². The van der Waals surface area contributed by atoms with E-state index in [1.807, 2.05) is 0 Å². The molecule has 1 atom stereocenters. The molecule has 0 bridgehead atoms. The lowest BCUT2D eigenvalue weighted by atomic mass is 10.1. The molecule has 1 unspecified atom stereocenters. The molecule has 1 aromatic heterocycles. The molecule has 0 aliphatic carbocycles. The average molecular weight is 221 g/mol. The van der Waals surface area contributed by atoms with Gasteiger partial charge in [0.05, 0.1) is 0 Å². The lowest BCUT2D eigenvalue weighted by Gasteiger charge is -2.15. The Morgan fingerprint density at radius 3 is 3.07 bits per heavy atom. The molecule has 1 aliphatic rings. The van der Waals surface area contributed by atoms with E-state index in [0.29, 0.717) is 18.1 Å². The molecule has 2 heterocycles. The zero-order valence-electron chi connectivity index (χ0n) is 7.98. The Hall–Kier alpha value is -1.53. The van der Waals surface area contributed by atoms with Gasteiger partial charge in [-0.05, 0) is 12.1 Å². The van der Waals surface area contributed by atoms with Crippen LogP contribution in [0.5, 0.6) is 0 Å². The molecular formula is C11H9ClN2O. The van der Waals surface area contributed by atoms with E-state index in [2.05, 4.69) is 10.9 Å². The summed E-state index contributed by atoms with van der Waals surface area (Å²) in [6.07, 6.45) is 7.29. The maximum Gasteiger partial charge on any atom is 0.228 e. The van der Waals surface area contributed by atoms with Crippen molar-refractivity contribution in [2.75, 3.05) is 11.4 Å². The predicted molar refractivity (Wildman–Crippen MR) is 58.5 cm³/mol. The number of amides is 1. The van der Waals surface area contributed by atoms with Crippen molar-refractivity contribution in [3.05, 3.63) is 23.5 Å². The van der Waals surface area contributed by atoms with Crippen LogP contribution in [0.15, 0.2) is 18.3 Å². The molecule has 0 saturated carbocycles. The van der Waals surface area contributed by atoms with Crippen LogP contribution in [0.1, 0.15) is 6.42 Å². The van der Waals surface area contributed by atoms with E-state index in [0.717, 1.165) is 5.69 Å². The summed E-state index contributed by atoms with van der Waals surface area (Å²) >= 11 is 5.75. The van der Waals surface area contributed by atoms with Gasteiger partial charge in [-0.15, -0.1) is 12.3 Å². The molecule has 1 aromatic rings. The van der Waals surface area contributed by atoms with E-state index in [1.54, 1.807) is 23.2 Å². The smallest absolute Gasteiger partial charge is 0.228 e. The summed E-state index contributed by atoms with van der Waals surface area (Å²) < 4.78 is 0. The highest BCUT2D eigenvalue weighted by Crippen LogP contribution is 2.25. The minimum absolute atomic E-state index is 0.00411. The SMILES string of the molecule is C#CC1CC(=O)N(c2ccnc(Cl)c2)C1. The van der Waals surface area contributed by atoms with Gasteiger partial charge < -0.3 is 4.90 Å². The van der Waals surface area contributed by atoms with Crippen molar-refractivity contribution in [1.82, 2.24) is 4.98 Å². The first kappa shape index (κ1) is 10.0. The first-order valence-corrected chi connectivity index (χ1v) is 4.96. The third kappa shape index (κ3) is 1.95. The Morgan fingerprint density at radius 2 is 2.47 bits per heavy atom. The van der Waals surface area contributed by atoms with Gasteiger partial charge in [0, 0.05) is 30.8 Å². The molecule has 3 nitrogen and oxygen atoms in total. The van der Waals surface area contributed by atoms with Crippen LogP contribution in [0.4, 0.5) is 5.69 Å². The number of carbonyl (C=O) groups excluding carboxylic acids is 1. The number of terminal acetylenes is 1. The molecule has 0 radical (unpaired) electrons. The molecule has 1 aliphatic heterocycles. The van der Waals surface area contributed by atoms with Crippen molar-refractivity contribution < 1.29 is 4.79 Å². The van der Waals surface area contributed by atoms with E-state index in [9.17, 15) is 4.79 Å². The van der Waals surface area contributed by atoms with E-state index in [4.69, 9.17) is 18.0 Å². The van der Waals surface area contributed by atoms with Crippen molar-refractivity contribution in [2.24, 2.45) is 5.92 Å². The summed E-state index contributed by atoms with van der Waals surface area (Å²) in [7, 11) is 0. The third-order valence-corrected chi connectivity index (χ3v) is 2.59. The van der Waals surface area contributed by atoms with Gasteiger partial charge in [0.2, 0.25) is 5.91 Å². The molecule has 0 spiro atoms. The van der Waals surface area contributed by atoms with Gasteiger partial charge >= 0.3 is 0 Å². The van der Waals surface area contributed by atoms with Crippen LogP contribution in [-0.4, -0.2) is 17.4 Å². The normalized spacial score (nSPS) is 20.4. The number of pyridine rings is 1. The molecule has 1 saturated heterocycles. The molecular weight excluding hydrogens is 212 g/mol. The number of hydrogen-bond acceptors (Lipinski definition) is 2. The highest BCUT2D eigenvalue weighted by atomic mass is 35.5. The maximum absolute atomic E-state index is 11.6. The fraction of sp³-hybridized carbons (Fsp3) is 0.273. The number of rotatable bonds is 1. The van der Waals surface area contributed by atoms with Crippen molar-refractivity contribution in [2.45, 2.75) is 6.42 Å². The zero-order valence-corrected chi connectivity index (χ0v) is 8.74. The van der Waals surface area contributed by atoms with Gasteiger partial charge in [-0.1, -0.05) is 11.6 Å². The van der Waals surface area contributed by atoms with Gasteiger partial charge in [-0.3, -0.25) is 4.79 Å². The van der Waals surface area contributed by atoms with E-state index in [1.165, 1.54) is 0 Å². The summed E-state index contributed by atoms with van der Waals surface area (Å²) in [6, 6.07) is 3.42. The number of carbonyl (C=O) groups is 1. The monoisotopic (exact) mass is 220 g/mol.